The van der Waals surface area contributed by atoms with Gasteiger partial charge in [0.15, 0.2) is 0 Å². The second kappa shape index (κ2) is 8.81. The van der Waals surface area contributed by atoms with Crippen LogP contribution in [0.25, 0.3) is 0 Å². The zero-order valence-corrected chi connectivity index (χ0v) is 14.4. The SMILES string of the molecule is OCc1ccc(CN2CCC(CCCN3CCCC3)CC2)cc1. The van der Waals surface area contributed by atoms with Crippen LogP contribution in [-0.4, -0.2) is 47.6 Å². The molecule has 2 aliphatic rings. The van der Waals surface area contributed by atoms with Gasteiger partial charge in [0.2, 0.25) is 0 Å². The van der Waals surface area contributed by atoms with Gasteiger partial charge in [-0.25, -0.2) is 0 Å². The van der Waals surface area contributed by atoms with Crippen LogP contribution in [0.5, 0.6) is 0 Å². The van der Waals surface area contributed by atoms with Crippen molar-refractivity contribution in [3.63, 3.8) is 0 Å². The van der Waals surface area contributed by atoms with Crippen LogP contribution in [0.3, 0.4) is 0 Å². The van der Waals surface area contributed by atoms with Crippen molar-refractivity contribution >= 4 is 0 Å². The maximum Gasteiger partial charge on any atom is 0.0681 e. The molecule has 2 heterocycles. The standard InChI is InChI=1S/C20H32N2O/c23-17-20-7-5-19(6-8-20)16-22-14-9-18(10-15-22)4-3-13-21-11-1-2-12-21/h5-8,18,23H,1-4,9-17H2. The third-order valence-corrected chi connectivity index (χ3v) is 5.60. The molecule has 0 aliphatic carbocycles. The van der Waals surface area contributed by atoms with E-state index in [4.69, 9.17) is 5.11 Å². The van der Waals surface area contributed by atoms with Gasteiger partial charge in [-0.3, -0.25) is 4.90 Å². The van der Waals surface area contributed by atoms with Crippen molar-refractivity contribution in [2.75, 3.05) is 32.7 Å². The Morgan fingerprint density at radius 3 is 2.17 bits per heavy atom. The molecule has 3 heteroatoms. The summed E-state index contributed by atoms with van der Waals surface area (Å²) in [6, 6.07) is 8.41. The molecule has 0 bridgehead atoms. The Balaban J connectivity index is 1.33. The van der Waals surface area contributed by atoms with Gasteiger partial charge in [-0.2, -0.15) is 0 Å². The zero-order valence-electron chi connectivity index (χ0n) is 14.4. The highest BCUT2D eigenvalue weighted by atomic mass is 16.3. The minimum atomic E-state index is 0.142. The van der Waals surface area contributed by atoms with Gasteiger partial charge in [0.1, 0.15) is 0 Å². The average Bonchev–Trinajstić information content (AvgIpc) is 3.11. The molecule has 128 valence electrons. The van der Waals surface area contributed by atoms with Crippen molar-refractivity contribution in [2.45, 2.75) is 51.7 Å². The molecule has 0 unspecified atom stereocenters. The minimum absolute atomic E-state index is 0.142. The van der Waals surface area contributed by atoms with Crippen LogP contribution in [0, 0.1) is 5.92 Å². The van der Waals surface area contributed by atoms with Crippen molar-refractivity contribution in [1.29, 1.82) is 0 Å². The molecule has 3 nitrogen and oxygen atoms in total. The minimum Gasteiger partial charge on any atom is -0.392 e. The summed E-state index contributed by atoms with van der Waals surface area (Å²) in [5.41, 5.74) is 2.38. The number of aliphatic hydroxyl groups excluding tert-OH is 1. The number of aliphatic hydroxyl groups is 1. The van der Waals surface area contributed by atoms with Crippen LogP contribution in [0.2, 0.25) is 0 Å². The van der Waals surface area contributed by atoms with Crippen molar-refractivity contribution in [3.05, 3.63) is 35.4 Å². The number of likely N-dealkylation sites (tertiary alicyclic amines) is 2. The van der Waals surface area contributed by atoms with Crippen molar-refractivity contribution in [1.82, 2.24) is 9.80 Å². The van der Waals surface area contributed by atoms with E-state index in [2.05, 4.69) is 21.9 Å². The highest BCUT2D eigenvalue weighted by molar-refractivity contribution is 5.21. The number of benzene rings is 1. The van der Waals surface area contributed by atoms with Gasteiger partial charge in [-0.15, -0.1) is 0 Å². The summed E-state index contributed by atoms with van der Waals surface area (Å²) < 4.78 is 0. The Morgan fingerprint density at radius 1 is 0.870 bits per heavy atom. The monoisotopic (exact) mass is 316 g/mol. The topological polar surface area (TPSA) is 26.7 Å². The molecule has 3 rings (SSSR count). The lowest BCUT2D eigenvalue weighted by Crippen LogP contribution is -2.33. The van der Waals surface area contributed by atoms with Crippen molar-refractivity contribution < 1.29 is 5.11 Å². The molecule has 0 radical (unpaired) electrons. The fourth-order valence-electron chi connectivity index (χ4n) is 4.05. The summed E-state index contributed by atoms with van der Waals surface area (Å²) in [5, 5.41) is 9.11. The fourth-order valence-corrected chi connectivity index (χ4v) is 4.05. The highest BCUT2D eigenvalue weighted by Crippen LogP contribution is 2.23. The summed E-state index contributed by atoms with van der Waals surface area (Å²) in [6.45, 7) is 7.71. The molecule has 2 aliphatic heterocycles. The van der Waals surface area contributed by atoms with Gasteiger partial charge in [0.25, 0.3) is 0 Å². The molecule has 0 saturated carbocycles. The van der Waals surface area contributed by atoms with Crippen molar-refractivity contribution in [3.8, 4) is 0 Å². The van der Waals surface area contributed by atoms with E-state index < -0.39 is 0 Å². The molecule has 23 heavy (non-hydrogen) atoms. The van der Waals surface area contributed by atoms with Gasteiger partial charge in [-0.1, -0.05) is 24.3 Å². The Hall–Kier alpha value is -0.900. The predicted octanol–water partition coefficient (Wildman–Crippen LogP) is 3.27. The third kappa shape index (κ3) is 5.30. The third-order valence-electron chi connectivity index (χ3n) is 5.60. The highest BCUT2D eigenvalue weighted by Gasteiger charge is 2.19. The van der Waals surface area contributed by atoms with E-state index in [1.807, 2.05) is 12.1 Å². The summed E-state index contributed by atoms with van der Waals surface area (Å²) in [4.78, 5) is 5.23. The summed E-state index contributed by atoms with van der Waals surface area (Å²) in [6.07, 6.45) is 8.39. The molecule has 1 N–H and O–H groups in total. The molecule has 1 aromatic rings. The normalized spacial score (nSPS) is 21.1. The molecule has 0 amide bonds. The van der Waals surface area contributed by atoms with Crippen LogP contribution in [-0.2, 0) is 13.2 Å². The number of nitrogens with zero attached hydrogens (tertiary/aromatic N) is 2. The van der Waals surface area contributed by atoms with Crippen LogP contribution in [0.15, 0.2) is 24.3 Å². The first kappa shape index (κ1) is 16.9. The lowest BCUT2D eigenvalue weighted by atomic mass is 9.92. The van der Waals surface area contributed by atoms with Crippen LogP contribution < -0.4 is 0 Å². The van der Waals surface area contributed by atoms with E-state index in [1.165, 1.54) is 76.8 Å². The number of piperidine rings is 1. The Labute approximate surface area is 141 Å². The largest absolute Gasteiger partial charge is 0.392 e. The second-order valence-corrected chi connectivity index (χ2v) is 7.39. The van der Waals surface area contributed by atoms with Gasteiger partial charge < -0.3 is 10.0 Å². The molecule has 0 spiro atoms. The lowest BCUT2D eigenvalue weighted by Gasteiger charge is -2.32. The maximum atomic E-state index is 9.11. The Bertz CT molecular complexity index is 445. The van der Waals surface area contributed by atoms with Crippen molar-refractivity contribution in [2.24, 2.45) is 5.92 Å². The van der Waals surface area contributed by atoms with Gasteiger partial charge in [0.05, 0.1) is 6.61 Å². The first-order chi connectivity index (χ1) is 11.3. The van der Waals surface area contributed by atoms with E-state index in [-0.39, 0.29) is 6.61 Å². The smallest absolute Gasteiger partial charge is 0.0681 e. The van der Waals surface area contributed by atoms with E-state index in [0.717, 1.165) is 18.0 Å². The molecule has 0 atom stereocenters. The quantitative estimate of drug-likeness (QED) is 0.836. The predicted molar refractivity (Wildman–Crippen MR) is 95.3 cm³/mol. The number of hydrogen-bond donors (Lipinski definition) is 1. The van der Waals surface area contributed by atoms with E-state index >= 15 is 0 Å². The first-order valence-corrected chi connectivity index (χ1v) is 9.47. The number of rotatable bonds is 7. The van der Waals surface area contributed by atoms with Crippen LogP contribution in [0.1, 0.15) is 49.7 Å². The van der Waals surface area contributed by atoms with E-state index in [9.17, 15) is 0 Å². The fraction of sp³-hybridized carbons (Fsp3) is 0.700. The van der Waals surface area contributed by atoms with Gasteiger partial charge in [-0.05, 0) is 88.3 Å². The summed E-state index contributed by atoms with van der Waals surface area (Å²) in [5.74, 6) is 0.950. The van der Waals surface area contributed by atoms with E-state index in [1.54, 1.807) is 0 Å². The number of hydrogen-bond acceptors (Lipinski definition) is 3. The van der Waals surface area contributed by atoms with Crippen LogP contribution >= 0.6 is 0 Å². The second-order valence-electron chi connectivity index (χ2n) is 7.39. The summed E-state index contributed by atoms with van der Waals surface area (Å²) >= 11 is 0. The zero-order chi connectivity index (χ0) is 15.9. The van der Waals surface area contributed by atoms with Gasteiger partial charge >= 0.3 is 0 Å². The molecule has 1 aromatic carbocycles. The van der Waals surface area contributed by atoms with Gasteiger partial charge in [0, 0.05) is 6.54 Å². The molecular weight excluding hydrogens is 284 g/mol. The lowest BCUT2D eigenvalue weighted by molar-refractivity contribution is 0.167. The van der Waals surface area contributed by atoms with E-state index in [0.29, 0.717) is 0 Å². The Morgan fingerprint density at radius 2 is 1.52 bits per heavy atom. The molecular formula is C20H32N2O. The first-order valence-electron chi connectivity index (χ1n) is 9.47. The van der Waals surface area contributed by atoms with Crippen LogP contribution in [0.4, 0.5) is 0 Å². The molecule has 0 aromatic heterocycles. The Kier molecular flexibility index (Phi) is 6.49. The molecule has 2 fully saturated rings. The maximum absolute atomic E-state index is 9.11. The molecule has 2 saturated heterocycles. The average molecular weight is 316 g/mol. The summed E-state index contributed by atoms with van der Waals surface area (Å²) in [7, 11) is 0.